The van der Waals surface area contributed by atoms with E-state index in [0.29, 0.717) is 5.75 Å². The fourth-order valence-corrected chi connectivity index (χ4v) is 1.87. The van der Waals surface area contributed by atoms with E-state index in [1.807, 2.05) is 38.1 Å². The summed E-state index contributed by atoms with van der Waals surface area (Å²) in [6, 6.07) is 8.16. The van der Waals surface area contributed by atoms with Gasteiger partial charge >= 0.3 is 0 Å². The van der Waals surface area contributed by atoms with E-state index in [1.165, 1.54) is 5.56 Å². The third-order valence-corrected chi connectivity index (χ3v) is 3.63. The molecule has 3 atom stereocenters. The number of rotatable bonds is 8. The molecule has 1 rings (SSSR count). The lowest BCUT2D eigenvalue weighted by molar-refractivity contribution is -0.127. The first kappa shape index (κ1) is 17.5. The van der Waals surface area contributed by atoms with Crippen LogP contribution in [0.3, 0.4) is 0 Å². The number of carbonyl (C=O) groups excluding carboxylic acids is 1. The molecule has 0 aliphatic carbocycles. The lowest BCUT2D eigenvalue weighted by Gasteiger charge is -2.18. The summed E-state index contributed by atoms with van der Waals surface area (Å²) < 4.78 is 5.66. The Morgan fingerprint density at radius 3 is 2.33 bits per heavy atom. The lowest BCUT2D eigenvalue weighted by atomic mass is 10.0. The zero-order chi connectivity index (χ0) is 15.8. The SMILES string of the molecule is CCC(N)Cc1ccc(OC(C)C(=O)NC(C)CC)cc1. The minimum Gasteiger partial charge on any atom is -0.481 e. The van der Waals surface area contributed by atoms with E-state index < -0.39 is 6.10 Å². The molecule has 1 amide bonds. The molecular weight excluding hydrogens is 264 g/mol. The minimum atomic E-state index is -0.497. The Kier molecular flexibility index (Phi) is 7.23. The highest BCUT2D eigenvalue weighted by molar-refractivity contribution is 5.80. The number of amides is 1. The van der Waals surface area contributed by atoms with E-state index in [2.05, 4.69) is 12.2 Å². The quantitative estimate of drug-likeness (QED) is 0.774. The molecule has 0 fully saturated rings. The van der Waals surface area contributed by atoms with Crippen LogP contribution in [0.2, 0.25) is 0 Å². The van der Waals surface area contributed by atoms with Gasteiger partial charge in [-0.3, -0.25) is 4.79 Å². The Morgan fingerprint density at radius 2 is 1.81 bits per heavy atom. The second-order valence-electron chi connectivity index (χ2n) is 5.59. The van der Waals surface area contributed by atoms with Crippen LogP contribution in [0.4, 0.5) is 0 Å². The smallest absolute Gasteiger partial charge is 0.260 e. The van der Waals surface area contributed by atoms with Crippen LogP contribution in [0.1, 0.15) is 46.1 Å². The second kappa shape index (κ2) is 8.67. The van der Waals surface area contributed by atoms with Gasteiger partial charge in [-0.15, -0.1) is 0 Å². The second-order valence-corrected chi connectivity index (χ2v) is 5.59. The van der Waals surface area contributed by atoms with Gasteiger partial charge in [0.05, 0.1) is 0 Å². The molecule has 1 aromatic rings. The zero-order valence-corrected chi connectivity index (χ0v) is 13.6. The molecule has 0 aliphatic rings. The summed E-state index contributed by atoms with van der Waals surface area (Å²) in [7, 11) is 0. The van der Waals surface area contributed by atoms with E-state index in [0.717, 1.165) is 19.3 Å². The van der Waals surface area contributed by atoms with Gasteiger partial charge in [0.1, 0.15) is 5.75 Å². The minimum absolute atomic E-state index is 0.0820. The van der Waals surface area contributed by atoms with Crippen LogP contribution in [0, 0.1) is 0 Å². The van der Waals surface area contributed by atoms with Crippen molar-refractivity contribution in [3.63, 3.8) is 0 Å². The van der Waals surface area contributed by atoms with Crippen molar-refractivity contribution in [1.82, 2.24) is 5.32 Å². The van der Waals surface area contributed by atoms with Crippen LogP contribution in [-0.4, -0.2) is 24.1 Å². The summed E-state index contributed by atoms with van der Waals surface area (Å²) in [4.78, 5) is 11.9. The topological polar surface area (TPSA) is 64.3 Å². The molecule has 0 aromatic heterocycles. The van der Waals surface area contributed by atoms with E-state index in [1.54, 1.807) is 6.92 Å². The number of carbonyl (C=O) groups is 1. The number of hydrogen-bond acceptors (Lipinski definition) is 3. The van der Waals surface area contributed by atoms with Crippen molar-refractivity contribution in [2.45, 2.75) is 65.1 Å². The molecule has 0 bridgehead atoms. The number of benzene rings is 1. The van der Waals surface area contributed by atoms with Crippen molar-refractivity contribution in [2.24, 2.45) is 5.73 Å². The first-order valence-corrected chi connectivity index (χ1v) is 7.77. The Bertz CT molecular complexity index is 431. The number of ether oxygens (including phenoxy) is 1. The molecule has 0 radical (unpaired) electrons. The fourth-order valence-electron chi connectivity index (χ4n) is 1.87. The first-order valence-electron chi connectivity index (χ1n) is 7.77. The van der Waals surface area contributed by atoms with Gasteiger partial charge in [-0.2, -0.15) is 0 Å². The number of nitrogens with one attached hydrogen (secondary N) is 1. The van der Waals surface area contributed by atoms with Crippen molar-refractivity contribution in [3.8, 4) is 5.75 Å². The Morgan fingerprint density at radius 1 is 1.19 bits per heavy atom. The van der Waals surface area contributed by atoms with Gasteiger partial charge < -0.3 is 15.8 Å². The molecule has 0 heterocycles. The van der Waals surface area contributed by atoms with E-state index in [-0.39, 0.29) is 18.0 Å². The van der Waals surface area contributed by atoms with Gasteiger partial charge in [0, 0.05) is 12.1 Å². The van der Waals surface area contributed by atoms with Crippen molar-refractivity contribution in [2.75, 3.05) is 0 Å². The first-order chi connectivity index (χ1) is 9.96. The molecule has 21 heavy (non-hydrogen) atoms. The van der Waals surface area contributed by atoms with Crippen LogP contribution in [0.15, 0.2) is 24.3 Å². The molecule has 4 nitrogen and oxygen atoms in total. The average molecular weight is 292 g/mol. The maximum absolute atomic E-state index is 11.9. The van der Waals surface area contributed by atoms with E-state index in [9.17, 15) is 4.79 Å². The molecule has 4 heteroatoms. The summed E-state index contributed by atoms with van der Waals surface area (Å²) in [5, 5.41) is 2.91. The molecule has 3 unspecified atom stereocenters. The fraction of sp³-hybridized carbons (Fsp3) is 0.588. The molecule has 0 aliphatic heterocycles. The van der Waals surface area contributed by atoms with Gasteiger partial charge in [0.2, 0.25) is 0 Å². The molecule has 0 spiro atoms. The van der Waals surface area contributed by atoms with Gasteiger partial charge in [-0.25, -0.2) is 0 Å². The third kappa shape index (κ3) is 6.17. The van der Waals surface area contributed by atoms with Crippen molar-refractivity contribution in [3.05, 3.63) is 29.8 Å². The van der Waals surface area contributed by atoms with Crippen LogP contribution in [0.25, 0.3) is 0 Å². The Hall–Kier alpha value is -1.55. The third-order valence-electron chi connectivity index (χ3n) is 3.63. The summed E-state index contributed by atoms with van der Waals surface area (Å²) in [5.41, 5.74) is 7.13. The van der Waals surface area contributed by atoms with Crippen LogP contribution >= 0.6 is 0 Å². The molecule has 118 valence electrons. The summed E-state index contributed by atoms with van der Waals surface area (Å²) in [6.45, 7) is 7.87. The van der Waals surface area contributed by atoms with Gasteiger partial charge in [0.15, 0.2) is 6.10 Å². The molecule has 1 aromatic carbocycles. The van der Waals surface area contributed by atoms with E-state index >= 15 is 0 Å². The highest BCUT2D eigenvalue weighted by atomic mass is 16.5. The summed E-state index contributed by atoms with van der Waals surface area (Å²) >= 11 is 0. The van der Waals surface area contributed by atoms with Crippen LogP contribution in [0.5, 0.6) is 5.75 Å². The molecular formula is C17H28N2O2. The normalized spacial score (nSPS) is 15.1. The number of nitrogens with two attached hydrogens (primary N) is 1. The average Bonchev–Trinajstić information content (AvgIpc) is 2.48. The number of hydrogen-bond donors (Lipinski definition) is 2. The molecule has 0 saturated carbocycles. The summed E-state index contributed by atoms with van der Waals surface area (Å²) in [6.07, 6.45) is 2.24. The standard InChI is InChI=1S/C17H28N2O2/c1-5-12(3)19-17(20)13(4)21-16-9-7-14(8-10-16)11-15(18)6-2/h7-10,12-13,15H,5-6,11,18H2,1-4H3,(H,19,20). The maximum Gasteiger partial charge on any atom is 0.260 e. The highest BCUT2D eigenvalue weighted by Gasteiger charge is 2.16. The molecule has 3 N–H and O–H groups in total. The van der Waals surface area contributed by atoms with Crippen LogP contribution in [-0.2, 0) is 11.2 Å². The lowest BCUT2D eigenvalue weighted by Crippen LogP contribution is -2.40. The van der Waals surface area contributed by atoms with E-state index in [4.69, 9.17) is 10.5 Å². The summed E-state index contributed by atoms with van der Waals surface area (Å²) in [5.74, 6) is 0.622. The van der Waals surface area contributed by atoms with Crippen molar-refractivity contribution in [1.29, 1.82) is 0 Å². The van der Waals surface area contributed by atoms with Gasteiger partial charge in [-0.1, -0.05) is 26.0 Å². The predicted octanol–water partition coefficient (Wildman–Crippen LogP) is 2.65. The largest absolute Gasteiger partial charge is 0.481 e. The van der Waals surface area contributed by atoms with Gasteiger partial charge in [0.25, 0.3) is 5.91 Å². The van der Waals surface area contributed by atoms with Gasteiger partial charge in [-0.05, 0) is 50.8 Å². The monoisotopic (exact) mass is 292 g/mol. The predicted molar refractivity (Wildman–Crippen MR) is 86.4 cm³/mol. The Labute approximate surface area is 128 Å². The Balaban J connectivity index is 2.53. The zero-order valence-electron chi connectivity index (χ0n) is 13.6. The van der Waals surface area contributed by atoms with Crippen LogP contribution < -0.4 is 15.8 Å². The van der Waals surface area contributed by atoms with Crippen molar-refractivity contribution >= 4 is 5.91 Å². The highest BCUT2D eigenvalue weighted by Crippen LogP contribution is 2.15. The molecule has 0 saturated heterocycles. The van der Waals surface area contributed by atoms with Crippen molar-refractivity contribution < 1.29 is 9.53 Å². The maximum atomic E-state index is 11.9.